The monoisotopic (exact) mass is 499 g/mol. The smallest absolute Gasteiger partial charge is 0.412 e. The summed E-state index contributed by atoms with van der Waals surface area (Å²) >= 11 is 0. The number of hydrogen-bond donors (Lipinski definition) is 2. The standard InChI is InChI=1S/C27H37N3O6/c1-19(2)30(26(31)20-11-12-24(34-4)25(15-20)35-14-8-13-33-3)18-21-16-28-17-23(21)29-27(32)36-22-9-6-5-7-10-22/h5-7,9-12,15,19,21,23,28H,8,13-14,16-18H2,1-4H3,(H,29,32)/t21-,23+/m0/s1. The Morgan fingerprint density at radius 3 is 2.53 bits per heavy atom. The highest BCUT2D eigenvalue weighted by Crippen LogP contribution is 2.29. The van der Waals surface area contributed by atoms with Gasteiger partial charge in [0, 0.05) is 57.3 Å². The van der Waals surface area contributed by atoms with Crippen LogP contribution in [0, 0.1) is 5.92 Å². The summed E-state index contributed by atoms with van der Waals surface area (Å²) in [5, 5.41) is 6.27. The van der Waals surface area contributed by atoms with Crippen LogP contribution in [0.25, 0.3) is 0 Å². The number of benzene rings is 2. The molecule has 9 heteroatoms. The minimum Gasteiger partial charge on any atom is -0.493 e. The largest absolute Gasteiger partial charge is 0.493 e. The number of amides is 2. The Balaban J connectivity index is 1.66. The van der Waals surface area contributed by atoms with Crippen molar-refractivity contribution >= 4 is 12.0 Å². The second-order valence-electron chi connectivity index (χ2n) is 8.98. The Labute approximate surface area is 213 Å². The summed E-state index contributed by atoms with van der Waals surface area (Å²) in [5.41, 5.74) is 0.519. The predicted octanol–water partition coefficient (Wildman–Crippen LogP) is 3.34. The number of para-hydroxylation sites is 1. The van der Waals surface area contributed by atoms with E-state index in [2.05, 4.69) is 10.6 Å². The molecule has 1 aliphatic rings. The first-order chi connectivity index (χ1) is 17.4. The number of rotatable bonds is 12. The third-order valence-corrected chi connectivity index (χ3v) is 6.07. The van der Waals surface area contributed by atoms with Gasteiger partial charge in [-0.1, -0.05) is 18.2 Å². The van der Waals surface area contributed by atoms with Crippen LogP contribution in [0.3, 0.4) is 0 Å². The molecule has 0 unspecified atom stereocenters. The van der Waals surface area contributed by atoms with Crippen molar-refractivity contribution in [2.24, 2.45) is 5.92 Å². The van der Waals surface area contributed by atoms with Crippen LogP contribution in [0.1, 0.15) is 30.6 Å². The van der Waals surface area contributed by atoms with E-state index in [0.717, 1.165) is 6.42 Å². The maximum Gasteiger partial charge on any atom is 0.412 e. The fourth-order valence-electron chi connectivity index (χ4n) is 4.12. The summed E-state index contributed by atoms with van der Waals surface area (Å²) in [6, 6.07) is 14.0. The Morgan fingerprint density at radius 1 is 1.06 bits per heavy atom. The molecule has 0 bridgehead atoms. The van der Waals surface area contributed by atoms with Gasteiger partial charge in [-0.3, -0.25) is 4.79 Å². The maximum absolute atomic E-state index is 13.5. The zero-order valence-corrected chi connectivity index (χ0v) is 21.5. The van der Waals surface area contributed by atoms with Gasteiger partial charge in [0.05, 0.1) is 19.8 Å². The fourth-order valence-corrected chi connectivity index (χ4v) is 4.12. The van der Waals surface area contributed by atoms with Crippen molar-refractivity contribution in [3.63, 3.8) is 0 Å². The van der Waals surface area contributed by atoms with Gasteiger partial charge >= 0.3 is 6.09 Å². The third kappa shape index (κ3) is 7.60. The van der Waals surface area contributed by atoms with Crippen molar-refractivity contribution in [2.75, 3.05) is 47.1 Å². The van der Waals surface area contributed by atoms with Gasteiger partial charge in [-0.25, -0.2) is 4.79 Å². The van der Waals surface area contributed by atoms with Crippen LogP contribution in [-0.2, 0) is 4.74 Å². The fraction of sp³-hybridized carbons (Fsp3) is 0.481. The highest BCUT2D eigenvalue weighted by Gasteiger charge is 2.33. The SMILES string of the molecule is COCCCOc1cc(C(=O)N(C[C@@H]2CNC[C@H]2NC(=O)Oc2ccccc2)C(C)C)ccc1OC. The molecule has 1 saturated heterocycles. The zero-order chi connectivity index (χ0) is 25.9. The summed E-state index contributed by atoms with van der Waals surface area (Å²) in [6.07, 6.45) is 0.221. The number of ether oxygens (including phenoxy) is 4. The van der Waals surface area contributed by atoms with E-state index in [1.165, 1.54) is 0 Å². The van der Waals surface area contributed by atoms with Gasteiger partial charge in [0.25, 0.3) is 5.91 Å². The highest BCUT2D eigenvalue weighted by atomic mass is 16.6. The van der Waals surface area contributed by atoms with Crippen molar-refractivity contribution < 1.29 is 28.5 Å². The number of methoxy groups -OCH3 is 2. The number of carbonyl (C=O) groups is 2. The van der Waals surface area contributed by atoms with Gasteiger partial charge < -0.3 is 34.5 Å². The van der Waals surface area contributed by atoms with E-state index in [0.29, 0.717) is 55.7 Å². The molecule has 0 saturated carbocycles. The summed E-state index contributed by atoms with van der Waals surface area (Å²) in [6.45, 7) is 6.79. The molecular weight excluding hydrogens is 462 g/mol. The van der Waals surface area contributed by atoms with E-state index in [4.69, 9.17) is 18.9 Å². The molecular formula is C27H37N3O6. The van der Waals surface area contributed by atoms with Crippen LogP contribution in [0.2, 0.25) is 0 Å². The molecule has 1 aliphatic heterocycles. The first kappa shape index (κ1) is 27.3. The molecule has 0 spiro atoms. The predicted molar refractivity (Wildman–Crippen MR) is 137 cm³/mol. The Bertz CT molecular complexity index is 985. The van der Waals surface area contributed by atoms with Gasteiger partial charge in [0.1, 0.15) is 5.75 Å². The maximum atomic E-state index is 13.5. The summed E-state index contributed by atoms with van der Waals surface area (Å²) in [5.74, 6) is 1.50. The molecule has 36 heavy (non-hydrogen) atoms. The van der Waals surface area contributed by atoms with Crippen molar-refractivity contribution in [2.45, 2.75) is 32.4 Å². The summed E-state index contributed by atoms with van der Waals surface area (Å²) in [7, 11) is 3.22. The van der Waals surface area contributed by atoms with E-state index in [1.807, 2.05) is 36.9 Å². The van der Waals surface area contributed by atoms with Gasteiger partial charge in [-0.05, 0) is 44.2 Å². The minimum absolute atomic E-state index is 0.0303. The lowest BCUT2D eigenvalue weighted by Crippen LogP contribution is -2.48. The van der Waals surface area contributed by atoms with E-state index >= 15 is 0 Å². The van der Waals surface area contributed by atoms with Crippen LogP contribution >= 0.6 is 0 Å². The number of nitrogens with zero attached hydrogens (tertiary/aromatic N) is 1. The molecule has 2 amide bonds. The minimum atomic E-state index is -0.507. The van der Waals surface area contributed by atoms with Crippen LogP contribution < -0.4 is 24.8 Å². The van der Waals surface area contributed by atoms with E-state index in [9.17, 15) is 9.59 Å². The molecule has 196 valence electrons. The molecule has 3 rings (SSSR count). The number of hydrogen-bond acceptors (Lipinski definition) is 7. The lowest BCUT2D eigenvalue weighted by atomic mass is 10.0. The molecule has 2 aromatic carbocycles. The molecule has 2 aromatic rings. The normalized spacial score (nSPS) is 17.0. The van der Waals surface area contributed by atoms with E-state index in [1.54, 1.807) is 44.6 Å². The second-order valence-corrected chi connectivity index (χ2v) is 8.98. The molecule has 0 aliphatic carbocycles. The van der Waals surface area contributed by atoms with Gasteiger partial charge in [0.15, 0.2) is 11.5 Å². The number of carbonyl (C=O) groups excluding carboxylic acids is 2. The first-order valence-corrected chi connectivity index (χ1v) is 12.3. The molecule has 0 radical (unpaired) electrons. The highest BCUT2D eigenvalue weighted by molar-refractivity contribution is 5.95. The van der Waals surface area contributed by atoms with Gasteiger partial charge in [-0.15, -0.1) is 0 Å². The molecule has 0 aromatic heterocycles. The molecule has 1 heterocycles. The molecule has 2 atom stereocenters. The average Bonchev–Trinajstić information content (AvgIpc) is 3.31. The van der Waals surface area contributed by atoms with Crippen LogP contribution in [0.5, 0.6) is 17.2 Å². The van der Waals surface area contributed by atoms with Crippen molar-refractivity contribution in [1.82, 2.24) is 15.5 Å². The Morgan fingerprint density at radius 2 is 1.83 bits per heavy atom. The lowest BCUT2D eigenvalue weighted by Gasteiger charge is -2.31. The molecule has 1 fully saturated rings. The van der Waals surface area contributed by atoms with Gasteiger partial charge in [0.2, 0.25) is 0 Å². The quantitative estimate of drug-likeness (QED) is 0.432. The topological polar surface area (TPSA) is 98.4 Å². The summed E-state index contributed by atoms with van der Waals surface area (Å²) < 4.78 is 21.7. The lowest BCUT2D eigenvalue weighted by molar-refractivity contribution is 0.0669. The van der Waals surface area contributed by atoms with Crippen molar-refractivity contribution in [3.05, 3.63) is 54.1 Å². The van der Waals surface area contributed by atoms with Gasteiger partial charge in [-0.2, -0.15) is 0 Å². The third-order valence-electron chi connectivity index (χ3n) is 6.07. The van der Waals surface area contributed by atoms with Crippen LogP contribution in [-0.4, -0.2) is 76.1 Å². The van der Waals surface area contributed by atoms with Crippen LogP contribution in [0.15, 0.2) is 48.5 Å². The molecule has 2 N–H and O–H groups in total. The van der Waals surface area contributed by atoms with Crippen LogP contribution in [0.4, 0.5) is 4.79 Å². The Kier molecular flexibility index (Phi) is 10.4. The summed E-state index contributed by atoms with van der Waals surface area (Å²) in [4.78, 5) is 27.8. The van der Waals surface area contributed by atoms with Crippen molar-refractivity contribution in [3.8, 4) is 17.2 Å². The molecule has 9 nitrogen and oxygen atoms in total. The Hall–Kier alpha value is -3.30. The van der Waals surface area contributed by atoms with Crippen molar-refractivity contribution in [1.29, 1.82) is 0 Å². The zero-order valence-electron chi connectivity index (χ0n) is 21.5. The van der Waals surface area contributed by atoms with E-state index in [-0.39, 0.29) is 23.9 Å². The first-order valence-electron chi connectivity index (χ1n) is 12.3. The van der Waals surface area contributed by atoms with E-state index < -0.39 is 6.09 Å². The number of nitrogens with one attached hydrogen (secondary N) is 2. The average molecular weight is 500 g/mol. The second kappa shape index (κ2) is 13.7.